The molecule has 5 heteroatoms. The van der Waals surface area contributed by atoms with E-state index in [-0.39, 0.29) is 19.1 Å². The molecule has 1 atom stereocenters. The van der Waals surface area contributed by atoms with Gasteiger partial charge in [0.05, 0.1) is 11.5 Å². The van der Waals surface area contributed by atoms with E-state index in [2.05, 4.69) is 5.32 Å². The molecule has 0 saturated carbocycles. The first kappa shape index (κ1) is 13.0. The van der Waals surface area contributed by atoms with Gasteiger partial charge in [0.1, 0.15) is 5.60 Å². The zero-order chi connectivity index (χ0) is 13.2. The van der Waals surface area contributed by atoms with Gasteiger partial charge in [0.15, 0.2) is 0 Å². The molecule has 0 radical (unpaired) electrons. The van der Waals surface area contributed by atoms with Crippen molar-refractivity contribution in [3.63, 3.8) is 0 Å². The summed E-state index contributed by atoms with van der Waals surface area (Å²) in [6.07, 6.45) is 0. The van der Waals surface area contributed by atoms with E-state index in [9.17, 15) is 9.90 Å². The fraction of sp³-hybridized carbons (Fsp3) is 0.308. The smallest absolute Gasteiger partial charge is 0.261 e. The normalized spacial score (nSPS) is 14.4. The van der Waals surface area contributed by atoms with Crippen LogP contribution in [0.15, 0.2) is 30.3 Å². The molecule has 1 aromatic carbocycles. The second-order valence-corrected chi connectivity index (χ2v) is 5.57. The van der Waals surface area contributed by atoms with Gasteiger partial charge in [-0.15, -0.1) is 11.3 Å². The lowest BCUT2D eigenvalue weighted by atomic mass is 10.1. The molecule has 18 heavy (non-hydrogen) atoms. The number of nitrogens with one attached hydrogen (secondary N) is 1. The topological polar surface area (TPSA) is 69.6 Å². The third-order valence-corrected chi connectivity index (χ3v) is 3.73. The van der Waals surface area contributed by atoms with Gasteiger partial charge >= 0.3 is 0 Å². The molecule has 0 aliphatic carbocycles. The van der Waals surface area contributed by atoms with Gasteiger partial charge in [-0.05, 0) is 24.4 Å². The first-order chi connectivity index (χ1) is 8.52. The summed E-state index contributed by atoms with van der Waals surface area (Å²) in [5.41, 5.74) is -1.29. The zero-order valence-electron chi connectivity index (χ0n) is 10.0. The van der Waals surface area contributed by atoms with E-state index in [1.165, 1.54) is 18.3 Å². The molecular formula is C13H15NO3S. The summed E-state index contributed by atoms with van der Waals surface area (Å²) in [6.45, 7) is 1.11. The van der Waals surface area contributed by atoms with Crippen molar-refractivity contribution < 1.29 is 15.0 Å². The fourth-order valence-electron chi connectivity index (χ4n) is 1.51. The average molecular weight is 265 g/mol. The number of rotatable bonds is 4. The Bertz CT molecular complexity index is 529. The van der Waals surface area contributed by atoms with Crippen LogP contribution in [0, 0.1) is 0 Å². The Hall–Kier alpha value is -1.43. The minimum absolute atomic E-state index is 0.0244. The second-order valence-electron chi connectivity index (χ2n) is 4.49. The van der Waals surface area contributed by atoms with Gasteiger partial charge in [-0.2, -0.15) is 0 Å². The lowest BCUT2D eigenvalue weighted by molar-refractivity contribution is 0.00323. The van der Waals surface area contributed by atoms with Crippen LogP contribution in [0.4, 0.5) is 0 Å². The molecule has 0 saturated heterocycles. The monoisotopic (exact) mass is 265 g/mol. The predicted molar refractivity (Wildman–Crippen MR) is 71.9 cm³/mol. The van der Waals surface area contributed by atoms with Crippen molar-refractivity contribution in [2.45, 2.75) is 12.5 Å². The molecule has 0 aliphatic rings. The lowest BCUT2D eigenvalue weighted by Crippen LogP contribution is -2.43. The van der Waals surface area contributed by atoms with E-state index in [1.54, 1.807) is 0 Å². The molecule has 2 rings (SSSR count). The highest BCUT2D eigenvalue weighted by atomic mass is 32.1. The Kier molecular flexibility index (Phi) is 3.65. The maximum atomic E-state index is 11.9. The lowest BCUT2D eigenvalue weighted by Gasteiger charge is -2.20. The van der Waals surface area contributed by atoms with Crippen molar-refractivity contribution in [1.29, 1.82) is 0 Å². The number of aliphatic hydroxyl groups excluding tert-OH is 1. The Morgan fingerprint density at radius 3 is 2.83 bits per heavy atom. The molecule has 3 N–H and O–H groups in total. The minimum Gasteiger partial charge on any atom is -0.393 e. The molecule has 2 aromatic rings. The van der Waals surface area contributed by atoms with Crippen LogP contribution in [0.2, 0.25) is 0 Å². The summed E-state index contributed by atoms with van der Waals surface area (Å²) in [4.78, 5) is 12.5. The maximum Gasteiger partial charge on any atom is 0.261 e. The summed E-state index contributed by atoms with van der Waals surface area (Å²) in [5, 5.41) is 22.1. The Balaban J connectivity index is 2.09. The van der Waals surface area contributed by atoms with Gasteiger partial charge in [-0.1, -0.05) is 18.2 Å². The van der Waals surface area contributed by atoms with Crippen LogP contribution in [0.3, 0.4) is 0 Å². The van der Waals surface area contributed by atoms with Crippen LogP contribution in [0.5, 0.6) is 0 Å². The molecular weight excluding hydrogens is 250 g/mol. The molecule has 0 spiro atoms. The van der Waals surface area contributed by atoms with Crippen molar-refractivity contribution >= 4 is 27.3 Å². The number of benzene rings is 1. The van der Waals surface area contributed by atoms with Gasteiger partial charge in [-0.25, -0.2) is 0 Å². The maximum absolute atomic E-state index is 11.9. The summed E-state index contributed by atoms with van der Waals surface area (Å²) in [6, 6.07) is 9.58. The second kappa shape index (κ2) is 5.06. The van der Waals surface area contributed by atoms with E-state index >= 15 is 0 Å². The molecule has 1 heterocycles. The summed E-state index contributed by atoms with van der Waals surface area (Å²) in [7, 11) is 0. The van der Waals surface area contributed by atoms with Gasteiger partial charge in [0.25, 0.3) is 5.91 Å². The van der Waals surface area contributed by atoms with Crippen molar-refractivity contribution in [3.8, 4) is 0 Å². The van der Waals surface area contributed by atoms with Gasteiger partial charge in [0.2, 0.25) is 0 Å². The number of hydrogen-bond donors (Lipinski definition) is 3. The van der Waals surface area contributed by atoms with Crippen molar-refractivity contribution in [3.05, 3.63) is 35.2 Å². The van der Waals surface area contributed by atoms with E-state index in [1.807, 2.05) is 30.3 Å². The van der Waals surface area contributed by atoms with Gasteiger partial charge in [-0.3, -0.25) is 4.79 Å². The largest absolute Gasteiger partial charge is 0.393 e. The molecule has 0 fully saturated rings. The first-order valence-electron chi connectivity index (χ1n) is 5.62. The highest BCUT2D eigenvalue weighted by molar-refractivity contribution is 7.20. The molecule has 1 unspecified atom stereocenters. The van der Waals surface area contributed by atoms with Crippen LogP contribution in [-0.2, 0) is 0 Å². The van der Waals surface area contributed by atoms with Crippen LogP contribution in [0.1, 0.15) is 16.6 Å². The Morgan fingerprint density at radius 1 is 1.44 bits per heavy atom. The van der Waals surface area contributed by atoms with Crippen molar-refractivity contribution in [2.24, 2.45) is 0 Å². The Labute approximate surface area is 109 Å². The van der Waals surface area contributed by atoms with Crippen LogP contribution < -0.4 is 5.32 Å². The molecule has 0 aliphatic heterocycles. The number of hydrogen-bond acceptors (Lipinski definition) is 4. The number of thiophene rings is 1. The van der Waals surface area contributed by atoms with Crippen molar-refractivity contribution in [1.82, 2.24) is 5.32 Å². The third-order valence-electron chi connectivity index (χ3n) is 2.62. The summed E-state index contributed by atoms with van der Waals surface area (Å²) in [5.74, 6) is -0.232. The van der Waals surface area contributed by atoms with E-state index in [4.69, 9.17) is 5.11 Å². The number of carbonyl (C=O) groups excluding carboxylic acids is 1. The molecule has 0 bridgehead atoms. The van der Waals surface area contributed by atoms with E-state index < -0.39 is 5.60 Å². The molecule has 96 valence electrons. The van der Waals surface area contributed by atoms with Gasteiger partial charge in [0, 0.05) is 11.2 Å². The highest BCUT2D eigenvalue weighted by Crippen LogP contribution is 2.25. The highest BCUT2D eigenvalue weighted by Gasteiger charge is 2.20. The minimum atomic E-state index is -1.29. The number of aliphatic hydroxyl groups is 2. The molecule has 4 nitrogen and oxygen atoms in total. The first-order valence-corrected chi connectivity index (χ1v) is 6.43. The van der Waals surface area contributed by atoms with E-state index in [0.717, 1.165) is 10.1 Å². The fourth-order valence-corrected chi connectivity index (χ4v) is 2.49. The molecule has 1 aromatic heterocycles. The number of carbonyl (C=O) groups is 1. The quantitative estimate of drug-likeness (QED) is 0.782. The van der Waals surface area contributed by atoms with Crippen molar-refractivity contribution in [2.75, 3.05) is 13.2 Å². The Morgan fingerprint density at radius 2 is 2.17 bits per heavy atom. The standard InChI is InChI=1S/C13H15NO3S/c1-13(17,8-15)7-14-12(16)11-6-9-4-2-3-5-10(9)18-11/h2-6,15,17H,7-8H2,1H3,(H,14,16). The summed E-state index contributed by atoms with van der Waals surface area (Å²) >= 11 is 1.41. The predicted octanol–water partition coefficient (Wildman–Crippen LogP) is 1.37. The third kappa shape index (κ3) is 2.87. The van der Waals surface area contributed by atoms with Crippen LogP contribution in [0.25, 0.3) is 10.1 Å². The SMILES string of the molecule is CC(O)(CO)CNC(=O)c1cc2ccccc2s1. The van der Waals surface area contributed by atoms with Crippen LogP contribution in [-0.4, -0.2) is 34.9 Å². The number of amides is 1. The van der Waals surface area contributed by atoms with E-state index in [0.29, 0.717) is 4.88 Å². The zero-order valence-corrected chi connectivity index (χ0v) is 10.8. The number of fused-ring (bicyclic) bond motifs is 1. The van der Waals surface area contributed by atoms with Gasteiger partial charge < -0.3 is 15.5 Å². The van der Waals surface area contributed by atoms with Crippen LogP contribution >= 0.6 is 11.3 Å². The average Bonchev–Trinajstić information content (AvgIpc) is 2.80. The molecule has 1 amide bonds. The summed E-state index contributed by atoms with van der Waals surface area (Å²) < 4.78 is 1.05.